The van der Waals surface area contributed by atoms with Gasteiger partial charge in [0.1, 0.15) is 0 Å². The number of carbonyl (C=O) groups is 2. The number of anilines is 1. The summed E-state index contributed by atoms with van der Waals surface area (Å²) in [6.07, 6.45) is 0. The topological polar surface area (TPSA) is 130 Å². The van der Waals surface area contributed by atoms with Crippen molar-refractivity contribution in [1.82, 2.24) is 20.4 Å². The van der Waals surface area contributed by atoms with Gasteiger partial charge in [-0.1, -0.05) is 6.07 Å². The Morgan fingerprint density at radius 2 is 2.14 bits per heavy atom. The number of H-pyrrole nitrogens is 2. The van der Waals surface area contributed by atoms with Crippen LogP contribution in [0.2, 0.25) is 0 Å². The Morgan fingerprint density at radius 3 is 2.82 bits per heavy atom. The molecule has 0 unspecified atom stereocenters. The van der Waals surface area contributed by atoms with E-state index in [1.54, 1.807) is 13.0 Å². The lowest BCUT2D eigenvalue weighted by atomic mass is 10.2. The molecule has 0 aliphatic heterocycles. The highest BCUT2D eigenvalue weighted by Crippen LogP contribution is 2.23. The smallest absolute Gasteiger partial charge is 0.276 e. The van der Waals surface area contributed by atoms with Gasteiger partial charge in [0.2, 0.25) is 0 Å². The van der Waals surface area contributed by atoms with Gasteiger partial charge in [0.05, 0.1) is 22.0 Å². The lowest BCUT2D eigenvalue weighted by Gasteiger charge is -2.02. The zero-order valence-electron chi connectivity index (χ0n) is 11.5. The maximum atomic E-state index is 12.2. The Hall–Kier alpha value is -2.94. The van der Waals surface area contributed by atoms with Gasteiger partial charge in [-0.15, -0.1) is 11.3 Å². The van der Waals surface area contributed by atoms with E-state index in [-0.39, 0.29) is 17.1 Å². The third-order valence-electron chi connectivity index (χ3n) is 3.02. The molecule has 0 radical (unpaired) electrons. The summed E-state index contributed by atoms with van der Waals surface area (Å²) in [6.45, 7) is 1.68. The minimum atomic E-state index is -0.721. The first-order chi connectivity index (χ1) is 10.6. The summed E-state index contributed by atoms with van der Waals surface area (Å²) < 4.78 is 0. The van der Waals surface area contributed by atoms with E-state index in [9.17, 15) is 9.59 Å². The number of hydrogen-bond donors (Lipinski definition) is 4. The molecule has 5 N–H and O–H groups in total. The summed E-state index contributed by atoms with van der Waals surface area (Å²) in [5.74, 6) is -1.17. The number of aromatic nitrogens is 4. The zero-order chi connectivity index (χ0) is 15.7. The van der Waals surface area contributed by atoms with E-state index < -0.39 is 11.8 Å². The predicted molar refractivity (Wildman–Crippen MR) is 81.7 cm³/mol. The standard InChI is InChI=1S/C13H12N6O2S/c1-6-10(11(12(14)20)19-16-6)15-13(21)8-5-7(17-18-8)9-3-2-4-22-9/h2-5H,1H3,(H2,14,20)(H,15,21)(H,16,19)(H,17,18). The average molecular weight is 316 g/mol. The van der Waals surface area contributed by atoms with Gasteiger partial charge in [0.15, 0.2) is 11.4 Å². The number of primary amides is 1. The third-order valence-corrected chi connectivity index (χ3v) is 3.92. The Kier molecular flexibility index (Phi) is 3.47. The Bertz CT molecular complexity index is 833. The molecule has 0 bridgehead atoms. The molecule has 0 aliphatic carbocycles. The second-order valence-corrected chi connectivity index (χ2v) is 5.48. The molecule has 3 aromatic heterocycles. The van der Waals surface area contributed by atoms with Crippen LogP contribution < -0.4 is 11.1 Å². The van der Waals surface area contributed by atoms with Gasteiger partial charge >= 0.3 is 0 Å². The number of carbonyl (C=O) groups excluding carboxylic acids is 2. The number of hydrogen-bond acceptors (Lipinski definition) is 5. The number of nitrogens with zero attached hydrogens (tertiary/aromatic N) is 2. The van der Waals surface area contributed by atoms with Gasteiger partial charge in [-0.05, 0) is 24.4 Å². The molecular formula is C13H12N6O2S. The van der Waals surface area contributed by atoms with E-state index in [2.05, 4.69) is 25.7 Å². The molecular weight excluding hydrogens is 304 g/mol. The summed E-state index contributed by atoms with van der Waals surface area (Å²) in [4.78, 5) is 24.5. The van der Waals surface area contributed by atoms with Crippen LogP contribution in [0.3, 0.4) is 0 Å². The van der Waals surface area contributed by atoms with Crippen molar-refractivity contribution in [2.45, 2.75) is 6.92 Å². The fourth-order valence-corrected chi connectivity index (χ4v) is 2.63. The summed E-state index contributed by atoms with van der Waals surface area (Å²) >= 11 is 1.54. The van der Waals surface area contributed by atoms with Crippen molar-refractivity contribution in [3.05, 3.63) is 40.7 Å². The van der Waals surface area contributed by atoms with Gasteiger partial charge in [0, 0.05) is 0 Å². The fraction of sp³-hybridized carbons (Fsp3) is 0.0769. The second-order valence-electron chi connectivity index (χ2n) is 4.53. The van der Waals surface area contributed by atoms with Crippen molar-refractivity contribution in [2.75, 3.05) is 5.32 Å². The zero-order valence-corrected chi connectivity index (χ0v) is 12.3. The van der Waals surface area contributed by atoms with E-state index in [1.165, 1.54) is 11.3 Å². The van der Waals surface area contributed by atoms with Crippen LogP contribution in [0.5, 0.6) is 0 Å². The van der Waals surface area contributed by atoms with E-state index in [1.807, 2.05) is 17.5 Å². The SMILES string of the molecule is Cc1[nH]nc(C(N)=O)c1NC(=O)c1cc(-c2cccs2)[nH]n1. The third kappa shape index (κ3) is 2.49. The predicted octanol–water partition coefficient (Wildman–Crippen LogP) is 1.52. The first kappa shape index (κ1) is 14.0. The van der Waals surface area contributed by atoms with Crippen molar-refractivity contribution in [3.8, 4) is 10.6 Å². The number of amides is 2. The van der Waals surface area contributed by atoms with Crippen molar-refractivity contribution in [3.63, 3.8) is 0 Å². The molecule has 112 valence electrons. The average Bonchev–Trinajstić information content (AvgIpc) is 3.18. The van der Waals surface area contributed by atoms with Crippen molar-refractivity contribution >= 4 is 28.8 Å². The summed E-state index contributed by atoms with van der Waals surface area (Å²) in [5.41, 5.74) is 6.96. The number of aryl methyl sites for hydroxylation is 1. The van der Waals surface area contributed by atoms with Crippen LogP contribution in [0, 0.1) is 6.92 Å². The van der Waals surface area contributed by atoms with Crippen LogP contribution in [0.4, 0.5) is 5.69 Å². The lowest BCUT2D eigenvalue weighted by Crippen LogP contribution is -2.18. The number of nitrogens with two attached hydrogens (primary N) is 1. The van der Waals surface area contributed by atoms with Crippen LogP contribution in [0.15, 0.2) is 23.6 Å². The molecule has 3 aromatic rings. The molecule has 0 aromatic carbocycles. The van der Waals surface area contributed by atoms with Crippen LogP contribution in [-0.2, 0) is 0 Å². The van der Waals surface area contributed by atoms with Crippen LogP contribution in [-0.4, -0.2) is 32.2 Å². The molecule has 0 atom stereocenters. The van der Waals surface area contributed by atoms with Crippen LogP contribution in [0.1, 0.15) is 26.7 Å². The molecule has 22 heavy (non-hydrogen) atoms. The maximum Gasteiger partial charge on any atom is 0.276 e. The van der Waals surface area contributed by atoms with Crippen molar-refractivity contribution in [1.29, 1.82) is 0 Å². The molecule has 0 aliphatic rings. The van der Waals surface area contributed by atoms with E-state index >= 15 is 0 Å². The van der Waals surface area contributed by atoms with Crippen molar-refractivity contribution < 1.29 is 9.59 Å². The largest absolute Gasteiger partial charge is 0.364 e. The van der Waals surface area contributed by atoms with Crippen LogP contribution in [0.25, 0.3) is 10.6 Å². The minimum Gasteiger partial charge on any atom is -0.364 e. The molecule has 3 heterocycles. The quantitative estimate of drug-likeness (QED) is 0.581. The molecule has 8 nitrogen and oxygen atoms in total. The van der Waals surface area contributed by atoms with Gasteiger partial charge in [-0.2, -0.15) is 10.2 Å². The molecule has 0 saturated carbocycles. The Morgan fingerprint density at radius 1 is 1.32 bits per heavy atom. The van der Waals surface area contributed by atoms with E-state index in [4.69, 9.17) is 5.73 Å². The first-order valence-electron chi connectivity index (χ1n) is 6.31. The van der Waals surface area contributed by atoms with Gasteiger partial charge in [0.25, 0.3) is 11.8 Å². The Labute approximate surface area is 128 Å². The van der Waals surface area contributed by atoms with Gasteiger partial charge in [-0.25, -0.2) is 0 Å². The molecule has 2 amide bonds. The van der Waals surface area contributed by atoms with Crippen molar-refractivity contribution in [2.24, 2.45) is 5.73 Å². The van der Waals surface area contributed by atoms with E-state index in [0.29, 0.717) is 5.69 Å². The number of thiophene rings is 1. The lowest BCUT2D eigenvalue weighted by molar-refractivity contribution is 0.0996. The summed E-state index contributed by atoms with van der Waals surface area (Å²) in [6, 6.07) is 5.47. The minimum absolute atomic E-state index is 0.0140. The number of aromatic amines is 2. The normalized spacial score (nSPS) is 10.6. The fourth-order valence-electron chi connectivity index (χ4n) is 1.93. The van der Waals surface area contributed by atoms with Gasteiger partial charge < -0.3 is 11.1 Å². The van der Waals surface area contributed by atoms with Gasteiger partial charge in [-0.3, -0.25) is 19.8 Å². The summed E-state index contributed by atoms with van der Waals surface area (Å²) in [7, 11) is 0. The maximum absolute atomic E-state index is 12.2. The molecule has 0 spiro atoms. The number of rotatable bonds is 4. The highest BCUT2D eigenvalue weighted by atomic mass is 32.1. The highest BCUT2D eigenvalue weighted by molar-refractivity contribution is 7.13. The molecule has 0 saturated heterocycles. The highest BCUT2D eigenvalue weighted by Gasteiger charge is 2.19. The van der Waals surface area contributed by atoms with Crippen LogP contribution >= 0.6 is 11.3 Å². The Balaban J connectivity index is 1.84. The first-order valence-corrected chi connectivity index (χ1v) is 7.19. The molecule has 0 fully saturated rings. The number of nitrogens with one attached hydrogen (secondary N) is 3. The second kappa shape index (κ2) is 5.45. The molecule has 9 heteroatoms. The molecule has 3 rings (SSSR count). The summed E-state index contributed by atoms with van der Waals surface area (Å²) in [5, 5.41) is 17.7. The van der Waals surface area contributed by atoms with E-state index in [0.717, 1.165) is 10.6 Å². The monoisotopic (exact) mass is 316 g/mol.